The Balaban J connectivity index is 1.41. The van der Waals surface area contributed by atoms with Crippen LogP contribution >= 0.6 is 11.9 Å². The molecule has 1 saturated heterocycles. The standard InChI is InChI=1S/C29H36N6O2S/c1-3-37-29(36)26-17-32-35(28(26)25-16-24(25)27(30)19-33(2)31)22-11-7-9-20(15-22)21-10-8-14-34(18-21)38-23-12-5-4-6-13-23/h4-7,9,11-13,15,17,19,21,24-25H,3,8,10,14,16,18,30-31H2,1-2H3/b27-19-. The van der Waals surface area contributed by atoms with E-state index >= 15 is 0 Å². The third-order valence-corrected chi connectivity index (χ3v) is 8.25. The van der Waals surface area contributed by atoms with E-state index in [0.29, 0.717) is 23.8 Å². The van der Waals surface area contributed by atoms with Crippen molar-refractivity contribution in [1.29, 1.82) is 0 Å². The highest BCUT2D eigenvalue weighted by atomic mass is 32.2. The van der Waals surface area contributed by atoms with Crippen molar-refractivity contribution in [1.82, 2.24) is 19.1 Å². The molecular formula is C29H36N6O2S. The lowest BCUT2D eigenvalue weighted by atomic mass is 9.91. The Morgan fingerprint density at radius 2 is 2.05 bits per heavy atom. The summed E-state index contributed by atoms with van der Waals surface area (Å²) in [5.74, 6) is 6.04. The van der Waals surface area contributed by atoms with E-state index in [4.69, 9.17) is 16.3 Å². The zero-order chi connectivity index (χ0) is 26.6. The van der Waals surface area contributed by atoms with Gasteiger partial charge in [0.05, 0.1) is 24.2 Å². The van der Waals surface area contributed by atoms with Gasteiger partial charge in [-0.3, -0.25) is 0 Å². The van der Waals surface area contributed by atoms with Gasteiger partial charge in [-0.2, -0.15) is 5.10 Å². The molecule has 2 aliphatic rings. The second kappa shape index (κ2) is 11.6. The summed E-state index contributed by atoms with van der Waals surface area (Å²) in [5.41, 5.74) is 10.6. The molecule has 9 heteroatoms. The van der Waals surface area contributed by atoms with E-state index in [1.54, 1.807) is 19.4 Å². The Bertz CT molecular complexity index is 1290. The van der Waals surface area contributed by atoms with Gasteiger partial charge in [-0.15, -0.1) is 0 Å². The predicted molar refractivity (Wildman–Crippen MR) is 150 cm³/mol. The molecule has 1 aromatic heterocycles. The van der Waals surface area contributed by atoms with Crippen LogP contribution in [0.3, 0.4) is 0 Å². The van der Waals surface area contributed by atoms with Crippen LogP contribution < -0.4 is 11.6 Å². The molecule has 200 valence electrons. The number of ether oxygens (including phenoxy) is 1. The number of benzene rings is 2. The van der Waals surface area contributed by atoms with Crippen LogP contribution in [0.2, 0.25) is 0 Å². The summed E-state index contributed by atoms with van der Waals surface area (Å²) in [6.07, 6.45) is 6.50. The average molecular weight is 533 g/mol. The Labute approximate surface area is 228 Å². The maximum Gasteiger partial charge on any atom is 0.341 e. The molecule has 1 aliphatic carbocycles. The van der Waals surface area contributed by atoms with Gasteiger partial charge < -0.3 is 15.5 Å². The molecule has 8 nitrogen and oxygen atoms in total. The highest BCUT2D eigenvalue weighted by Crippen LogP contribution is 2.52. The summed E-state index contributed by atoms with van der Waals surface area (Å²) < 4.78 is 9.73. The van der Waals surface area contributed by atoms with Crippen molar-refractivity contribution in [2.24, 2.45) is 17.5 Å². The van der Waals surface area contributed by atoms with Crippen LogP contribution in [0.15, 0.2) is 77.6 Å². The van der Waals surface area contributed by atoms with Gasteiger partial charge in [0.1, 0.15) is 5.56 Å². The summed E-state index contributed by atoms with van der Waals surface area (Å²) in [4.78, 5) is 14.1. The van der Waals surface area contributed by atoms with Gasteiger partial charge in [-0.05, 0) is 73.9 Å². The molecule has 0 spiro atoms. The number of piperidine rings is 1. The van der Waals surface area contributed by atoms with Crippen LogP contribution in [0.5, 0.6) is 0 Å². The van der Waals surface area contributed by atoms with Crippen molar-refractivity contribution in [3.05, 3.63) is 89.5 Å². The maximum atomic E-state index is 12.8. The number of nitrogens with two attached hydrogens (primary N) is 2. The van der Waals surface area contributed by atoms with Crippen LogP contribution in [0.25, 0.3) is 5.69 Å². The molecule has 38 heavy (non-hydrogen) atoms. The van der Waals surface area contributed by atoms with E-state index in [1.165, 1.54) is 15.5 Å². The smallest absolute Gasteiger partial charge is 0.341 e. The monoisotopic (exact) mass is 532 g/mol. The molecule has 4 N–H and O–H groups in total. The lowest BCUT2D eigenvalue weighted by Gasteiger charge is -2.32. The second-order valence-corrected chi connectivity index (χ2v) is 11.2. The van der Waals surface area contributed by atoms with Crippen LogP contribution in [-0.4, -0.2) is 51.8 Å². The van der Waals surface area contributed by atoms with Crippen molar-refractivity contribution in [2.75, 3.05) is 26.7 Å². The fourth-order valence-corrected chi connectivity index (χ4v) is 6.37. The highest BCUT2D eigenvalue weighted by molar-refractivity contribution is 7.97. The van der Waals surface area contributed by atoms with Gasteiger partial charge in [-0.1, -0.05) is 30.3 Å². The molecule has 2 fully saturated rings. The van der Waals surface area contributed by atoms with E-state index in [9.17, 15) is 4.79 Å². The molecule has 2 aromatic carbocycles. The number of hydrazine groups is 1. The Morgan fingerprint density at radius 3 is 2.82 bits per heavy atom. The summed E-state index contributed by atoms with van der Waals surface area (Å²) in [7, 11) is 1.74. The fraction of sp³-hybridized carbons (Fsp3) is 0.379. The van der Waals surface area contributed by atoms with Crippen molar-refractivity contribution in [3.8, 4) is 5.69 Å². The van der Waals surface area contributed by atoms with Crippen molar-refractivity contribution in [2.45, 2.75) is 42.9 Å². The molecule has 1 aliphatic heterocycles. The zero-order valence-electron chi connectivity index (χ0n) is 22.0. The van der Waals surface area contributed by atoms with Gasteiger partial charge >= 0.3 is 5.97 Å². The normalized spacial score (nSPS) is 21.8. The number of nitrogens with zero attached hydrogens (tertiary/aromatic N) is 4. The lowest BCUT2D eigenvalue weighted by molar-refractivity contribution is 0.0525. The summed E-state index contributed by atoms with van der Waals surface area (Å²) in [6.45, 7) is 4.19. The quantitative estimate of drug-likeness (QED) is 0.178. The van der Waals surface area contributed by atoms with Gasteiger partial charge in [0.25, 0.3) is 0 Å². The van der Waals surface area contributed by atoms with Crippen LogP contribution in [0.4, 0.5) is 0 Å². The van der Waals surface area contributed by atoms with E-state index in [0.717, 1.165) is 43.7 Å². The van der Waals surface area contributed by atoms with E-state index in [1.807, 2.05) is 23.6 Å². The minimum atomic E-state index is -0.352. The molecule has 2 heterocycles. The topological polar surface area (TPSA) is 103 Å². The van der Waals surface area contributed by atoms with Crippen LogP contribution in [0.1, 0.15) is 59.6 Å². The molecule has 0 bridgehead atoms. The van der Waals surface area contributed by atoms with Gasteiger partial charge in [0, 0.05) is 48.8 Å². The molecular weight excluding hydrogens is 496 g/mol. The van der Waals surface area contributed by atoms with E-state index in [2.05, 4.69) is 64.0 Å². The minimum absolute atomic E-state index is 0.0733. The highest BCUT2D eigenvalue weighted by Gasteiger charge is 2.45. The largest absolute Gasteiger partial charge is 0.462 e. The van der Waals surface area contributed by atoms with Crippen molar-refractivity contribution >= 4 is 17.9 Å². The van der Waals surface area contributed by atoms with Gasteiger partial charge in [0.2, 0.25) is 0 Å². The number of hydrogen-bond donors (Lipinski definition) is 2. The van der Waals surface area contributed by atoms with E-state index < -0.39 is 0 Å². The predicted octanol–water partition coefficient (Wildman–Crippen LogP) is 4.64. The summed E-state index contributed by atoms with van der Waals surface area (Å²) >= 11 is 1.83. The van der Waals surface area contributed by atoms with Crippen LogP contribution in [0, 0.1) is 5.92 Å². The molecule has 3 unspecified atom stereocenters. The van der Waals surface area contributed by atoms with E-state index in [-0.39, 0.29) is 17.8 Å². The third kappa shape index (κ3) is 5.90. The molecule has 1 saturated carbocycles. The molecule has 3 atom stereocenters. The Morgan fingerprint density at radius 1 is 1.24 bits per heavy atom. The minimum Gasteiger partial charge on any atom is -0.462 e. The molecule has 0 radical (unpaired) electrons. The second-order valence-electron chi connectivity index (χ2n) is 10.0. The third-order valence-electron chi connectivity index (χ3n) is 7.17. The molecule has 3 aromatic rings. The maximum absolute atomic E-state index is 12.8. The Kier molecular flexibility index (Phi) is 8.06. The van der Waals surface area contributed by atoms with Gasteiger partial charge in [0.15, 0.2) is 0 Å². The SMILES string of the molecule is CCOC(=O)c1cnn(-c2cccc(C3CCCN(Sc4ccccc4)C3)c2)c1C1CC1/C(N)=C/N(C)N. The summed E-state index contributed by atoms with van der Waals surface area (Å²) in [6, 6.07) is 19.1. The number of carbonyl (C=O) groups excluding carboxylic acids is 1. The zero-order valence-corrected chi connectivity index (χ0v) is 22.8. The number of hydrogen-bond acceptors (Lipinski definition) is 8. The Hall–Kier alpha value is -3.27. The van der Waals surface area contributed by atoms with Crippen molar-refractivity contribution < 1.29 is 9.53 Å². The first kappa shape index (κ1) is 26.3. The first-order valence-electron chi connectivity index (χ1n) is 13.2. The summed E-state index contributed by atoms with van der Waals surface area (Å²) in [5, 5.41) is 6.13. The number of aromatic nitrogens is 2. The number of rotatable bonds is 9. The van der Waals surface area contributed by atoms with Gasteiger partial charge in [-0.25, -0.2) is 19.6 Å². The van der Waals surface area contributed by atoms with Crippen molar-refractivity contribution in [3.63, 3.8) is 0 Å². The molecule has 0 amide bonds. The first-order valence-corrected chi connectivity index (χ1v) is 14.0. The first-order chi connectivity index (χ1) is 18.4. The number of esters is 1. The molecule has 5 rings (SSSR count). The number of carbonyl (C=O) groups is 1. The lowest BCUT2D eigenvalue weighted by Crippen LogP contribution is -2.29. The average Bonchev–Trinajstić information content (AvgIpc) is 3.59. The fourth-order valence-electron chi connectivity index (χ4n) is 5.32. The van der Waals surface area contributed by atoms with Crippen LogP contribution in [-0.2, 0) is 4.74 Å². The number of allylic oxidation sites excluding steroid dienone is 1.